The van der Waals surface area contributed by atoms with Gasteiger partial charge in [-0.25, -0.2) is 13.4 Å². The Bertz CT molecular complexity index is 1240. The molecule has 160 valence electrons. The second kappa shape index (κ2) is 8.52. The molecule has 4 rings (SSSR count). The van der Waals surface area contributed by atoms with E-state index in [4.69, 9.17) is 4.74 Å². The van der Waals surface area contributed by atoms with Gasteiger partial charge in [-0.15, -0.1) is 0 Å². The van der Waals surface area contributed by atoms with Crippen molar-refractivity contribution in [3.05, 3.63) is 82.0 Å². The van der Waals surface area contributed by atoms with Gasteiger partial charge in [0.1, 0.15) is 5.75 Å². The van der Waals surface area contributed by atoms with Crippen LogP contribution in [0.4, 0.5) is 5.69 Å². The number of thiophene rings is 1. The van der Waals surface area contributed by atoms with Gasteiger partial charge in [-0.1, -0.05) is 30.3 Å². The summed E-state index contributed by atoms with van der Waals surface area (Å²) in [5, 5.41) is 9.76. The molecule has 0 saturated heterocycles. The molecule has 31 heavy (non-hydrogen) atoms. The molecule has 1 N–H and O–H groups in total. The molecule has 1 unspecified atom stereocenters. The molecule has 0 radical (unpaired) electrons. The van der Waals surface area contributed by atoms with Gasteiger partial charge in [-0.3, -0.25) is 9.52 Å². The van der Waals surface area contributed by atoms with Crippen LogP contribution in [0.1, 0.15) is 33.9 Å². The normalized spacial score (nSPS) is 16.1. The van der Waals surface area contributed by atoms with Crippen LogP contribution in [0.25, 0.3) is 0 Å². The number of carbonyl (C=O) groups is 1. The van der Waals surface area contributed by atoms with Crippen molar-refractivity contribution in [3.63, 3.8) is 0 Å². The van der Waals surface area contributed by atoms with E-state index < -0.39 is 10.0 Å². The van der Waals surface area contributed by atoms with Crippen molar-refractivity contribution in [2.75, 3.05) is 18.1 Å². The summed E-state index contributed by atoms with van der Waals surface area (Å²) in [6.07, 6.45) is 1.54. The van der Waals surface area contributed by atoms with Crippen LogP contribution in [-0.2, 0) is 10.0 Å². The number of hydrazone groups is 1. The number of sulfonamides is 1. The molecule has 0 aliphatic carbocycles. The summed E-state index contributed by atoms with van der Waals surface area (Å²) in [5.74, 6) is 0.477. The lowest BCUT2D eigenvalue weighted by atomic mass is 9.97. The van der Waals surface area contributed by atoms with Gasteiger partial charge in [-0.05, 0) is 35.2 Å². The Hall–Kier alpha value is -3.17. The second-order valence-corrected chi connectivity index (χ2v) is 9.65. The van der Waals surface area contributed by atoms with Gasteiger partial charge in [0.2, 0.25) is 10.0 Å². The van der Waals surface area contributed by atoms with Crippen molar-refractivity contribution in [2.45, 2.75) is 12.5 Å². The van der Waals surface area contributed by atoms with Crippen LogP contribution in [0.5, 0.6) is 5.75 Å². The Morgan fingerprint density at radius 2 is 2.00 bits per heavy atom. The standard InChI is InChI=1S/C22H21N3O4S2/c1-29-17-7-5-6-15(12-17)21-13-20(23-25(21)22(26)16-10-11-30-14-16)18-8-3-4-9-19(18)24-31(2,27)28/h3-12,14,21,24H,13H2,1-2H3. The van der Waals surface area contributed by atoms with Crippen molar-refractivity contribution in [2.24, 2.45) is 5.10 Å². The van der Waals surface area contributed by atoms with Crippen molar-refractivity contribution in [3.8, 4) is 5.75 Å². The first-order chi connectivity index (χ1) is 14.9. The van der Waals surface area contributed by atoms with Crippen molar-refractivity contribution < 1.29 is 17.9 Å². The van der Waals surface area contributed by atoms with Crippen molar-refractivity contribution >= 4 is 38.7 Å². The number of hydrogen-bond donors (Lipinski definition) is 1. The maximum atomic E-state index is 13.2. The number of rotatable bonds is 6. The molecular weight excluding hydrogens is 434 g/mol. The molecule has 0 saturated carbocycles. The number of amides is 1. The number of benzene rings is 2. The lowest BCUT2D eigenvalue weighted by molar-refractivity contribution is 0.0711. The molecule has 3 aromatic rings. The summed E-state index contributed by atoms with van der Waals surface area (Å²) in [7, 11) is -1.88. The molecule has 0 spiro atoms. The SMILES string of the molecule is COc1cccc(C2CC(c3ccccc3NS(C)(=O)=O)=NN2C(=O)c2ccsc2)c1. The maximum Gasteiger partial charge on any atom is 0.275 e. The highest BCUT2D eigenvalue weighted by Gasteiger charge is 2.34. The van der Waals surface area contributed by atoms with E-state index in [1.54, 1.807) is 36.8 Å². The number of para-hydroxylation sites is 1. The smallest absolute Gasteiger partial charge is 0.275 e. The van der Waals surface area contributed by atoms with Gasteiger partial charge in [0.25, 0.3) is 5.91 Å². The molecule has 1 aliphatic rings. The molecule has 1 aromatic heterocycles. The van der Waals surface area contributed by atoms with Crippen LogP contribution in [0.15, 0.2) is 70.5 Å². The van der Waals surface area contributed by atoms with Crippen LogP contribution in [0.2, 0.25) is 0 Å². The number of anilines is 1. The third-order valence-electron chi connectivity index (χ3n) is 4.90. The highest BCUT2D eigenvalue weighted by atomic mass is 32.2. The highest BCUT2D eigenvalue weighted by molar-refractivity contribution is 7.92. The highest BCUT2D eigenvalue weighted by Crippen LogP contribution is 2.36. The molecule has 1 aliphatic heterocycles. The van der Waals surface area contributed by atoms with E-state index in [0.29, 0.717) is 34.7 Å². The third kappa shape index (κ3) is 4.62. The molecular formula is C22H21N3O4S2. The fourth-order valence-corrected chi connectivity index (χ4v) is 4.72. The lowest BCUT2D eigenvalue weighted by Crippen LogP contribution is -2.26. The Balaban J connectivity index is 1.77. The minimum Gasteiger partial charge on any atom is -0.497 e. The minimum atomic E-state index is -3.47. The Morgan fingerprint density at radius 3 is 2.71 bits per heavy atom. The van der Waals surface area contributed by atoms with E-state index in [1.165, 1.54) is 16.3 Å². The van der Waals surface area contributed by atoms with E-state index in [0.717, 1.165) is 11.8 Å². The first-order valence-corrected chi connectivity index (χ1v) is 12.3. The first-order valence-electron chi connectivity index (χ1n) is 9.50. The van der Waals surface area contributed by atoms with Crippen LogP contribution in [0, 0.1) is 0 Å². The molecule has 9 heteroatoms. The van der Waals surface area contributed by atoms with Crippen molar-refractivity contribution in [1.29, 1.82) is 0 Å². The predicted octanol–water partition coefficient (Wildman–Crippen LogP) is 4.12. The van der Waals surface area contributed by atoms with Crippen LogP contribution >= 0.6 is 11.3 Å². The van der Waals surface area contributed by atoms with Gasteiger partial charge >= 0.3 is 0 Å². The first kappa shape index (κ1) is 21.1. The summed E-state index contributed by atoms with van der Waals surface area (Å²) < 4.78 is 31.5. The molecule has 1 atom stereocenters. The summed E-state index contributed by atoms with van der Waals surface area (Å²) >= 11 is 1.44. The van der Waals surface area contributed by atoms with Gasteiger partial charge < -0.3 is 4.74 Å². The van der Waals surface area contributed by atoms with E-state index in [-0.39, 0.29) is 11.9 Å². The number of nitrogens with zero attached hydrogens (tertiary/aromatic N) is 2. The molecule has 7 nitrogen and oxygen atoms in total. The zero-order valence-corrected chi connectivity index (χ0v) is 18.6. The fraction of sp³-hybridized carbons (Fsp3) is 0.182. The van der Waals surface area contributed by atoms with Gasteiger partial charge in [0.15, 0.2) is 0 Å². The van der Waals surface area contributed by atoms with Crippen molar-refractivity contribution in [1.82, 2.24) is 5.01 Å². The molecule has 0 bridgehead atoms. The van der Waals surface area contributed by atoms with E-state index in [9.17, 15) is 13.2 Å². The quantitative estimate of drug-likeness (QED) is 0.606. The third-order valence-corrected chi connectivity index (χ3v) is 6.17. The lowest BCUT2D eigenvalue weighted by Gasteiger charge is -2.22. The molecule has 2 aromatic carbocycles. The topological polar surface area (TPSA) is 88.1 Å². The summed E-state index contributed by atoms with van der Waals surface area (Å²) in [6.45, 7) is 0. The largest absolute Gasteiger partial charge is 0.497 e. The number of carbonyl (C=O) groups excluding carboxylic acids is 1. The summed E-state index contributed by atoms with van der Waals surface area (Å²) in [5.41, 5.74) is 3.14. The predicted molar refractivity (Wildman–Crippen MR) is 122 cm³/mol. The number of methoxy groups -OCH3 is 1. The van der Waals surface area contributed by atoms with Crippen LogP contribution in [0.3, 0.4) is 0 Å². The van der Waals surface area contributed by atoms with E-state index in [1.807, 2.05) is 35.7 Å². The maximum absolute atomic E-state index is 13.2. The zero-order valence-electron chi connectivity index (χ0n) is 17.0. The summed E-state index contributed by atoms with van der Waals surface area (Å²) in [6, 6.07) is 16.0. The summed E-state index contributed by atoms with van der Waals surface area (Å²) in [4.78, 5) is 13.2. The van der Waals surface area contributed by atoms with E-state index >= 15 is 0 Å². The average molecular weight is 456 g/mol. The van der Waals surface area contributed by atoms with Gasteiger partial charge in [0, 0.05) is 17.4 Å². The molecule has 1 amide bonds. The monoisotopic (exact) mass is 455 g/mol. The minimum absolute atomic E-state index is 0.211. The van der Waals surface area contributed by atoms with Gasteiger partial charge in [0.05, 0.1) is 36.4 Å². The van der Waals surface area contributed by atoms with Gasteiger partial charge in [-0.2, -0.15) is 16.4 Å². The average Bonchev–Trinajstić information content (AvgIpc) is 3.43. The molecule has 2 heterocycles. The van der Waals surface area contributed by atoms with E-state index in [2.05, 4.69) is 9.82 Å². The second-order valence-electron chi connectivity index (χ2n) is 7.12. The zero-order chi connectivity index (χ0) is 22.0. The Morgan fingerprint density at radius 1 is 1.19 bits per heavy atom. The fourth-order valence-electron chi connectivity index (χ4n) is 3.51. The number of nitrogens with one attached hydrogen (secondary N) is 1. The van der Waals surface area contributed by atoms with Crippen LogP contribution < -0.4 is 9.46 Å². The number of ether oxygens (including phenoxy) is 1. The van der Waals surface area contributed by atoms with Crippen LogP contribution in [-0.4, -0.2) is 38.4 Å². The number of hydrogen-bond acceptors (Lipinski definition) is 6. The Labute approximate surface area is 185 Å². The molecule has 0 fully saturated rings. The Kier molecular flexibility index (Phi) is 5.79.